The Morgan fingerprint density at radius 3 is 2.50 bits per heavy atom. The SMILES string of the molecule is CC(OC(=O)c1cccc(S)c1)c1ccccc1. The lowest BCUT2D eigenvalue weighted by Gasteiger charge is -2.13. The number of esters is 1. The Balaban J connectivity index is 2.08. The number of hydrogen-bond acceptors (Lipinski definition) is 3. The maximum atomic E-state index is 11.9. The van der Waals surface area contributed by atoms with E-state index in [-0.39, 0.29) is 12.1 Å². The van der Waals surface area contributed by atoms with Gasteiger partial charge in [-0.25, -0.2) is 4.79 Å². The minimum atomic E-state index is -0.331. The van der Waals surface area contributed by atoms with Crippen LogP contribution in [-0.2, 0) is 4.74 Å². The van der Waals surface area contributed by atoms with Crippen molar-refractivity contribution in [3.8, 4) is 0 Å². The molecule has 0 amide bonds. The molecule has 0 saturated heterocycles. The quantitative estimate of drug-likeness (QED) is 0.667. The summed E-state index contributed by atoms with van der Waals surface area (Å²) in [6.07, 6.45) is -0.262. The lowest BCUT2D eigenvalue weighted by molar-refractivity contribution is 0.0337. The average molecular weight is 258 g/mol. The van der Waals surface area contributed by atoms with E-state index >= 15 is 0 Å². The lowest BCUT2D eigenvalue weighted by atomic mass is 10.1. The second-order valence-electron chi connectivity index (χ2n) is 4.01. The Morgan fingerprint density at radius 1 is 1.11 bits per heavy atom. The molecule has 0 saturated carbocycles. The summed E-state index contributed by atoms with van der Waals surface area (Å²) in [5.41, 5.74) is 1.50. The predicted molar refractivity (Wildman–Crippen MR) is 74.0 cm³/mol. The summed E-state index contributed by atoms with van der Waals surface area (Å²) >= 11 is 4.20. The molecule has 0 N–H and O–H groups in total. The van der Waals surface area contributed by atoms with Crippen LogP contribution in [0.3, 0.4) is 0 Å². The smallest absolute Gasteiger partial charge is 0.338 e. The first kappa shape index (κ1) is 12.7. The molecule has 2 rings (SSSR count). The molecule has 0 aliphatic carbocycles. The molecule has 0 heterocycles. The first-order valence-corrected chi connectivity index (χ1v) is 6.16. The third-order valence-corrected chi connectivity index (χ3v) is 2.91. The molecule has 92 valence electrons. The molecule has 2 nitrogen and oxygen atoms in total. The number of hydrogen-bond donors (Lipinski definition) is 1. The zero-order valence-electron chi connectivity index (χ0n) is 10.0. The molecule has 3 heteroatoms. The van der Waals surface area contributed by atoms with Crippen molar-refractivity contribution in [3.05, 3.63) is 65.7 Å². The van der Waals surface area contributed by atoms with Crippen molar-refractivity contribution in [3.63, 3.8) is 0 Å². The molecule has 0 fully saturated rings. The van der Waals surface area contributed by atoms with Gasteiger partial charge in [0.2, 0.25) is 0 Å². The van der Waals surface area contributed by atoms with Crippen LogP contribution in [0.4, 0.5) is 0 Å². The molecule has 1 atom stereocenters. The summed E-state index contributed by atoms with van der Waals surface area (Å²) in [7, 11) is 0. The Hall–Kier alpha value is -1.74. The number of thiol groups is 1. The van der Waals surface area contributed by atoms with Crippen LogP contribution >= 0.6 is 12.6 Å². The fourth-order valence-corrected chi connectivity index (χ4v) is 1.88. The van der Waals surface area contributed by atoms with E-state index in [0.717, 1.165) is 10.5 Å². The van der Waals surface area contributed by atoms with Gasteiger partial charge in [0.15, 0.2) is 0 Å². The van der Waals surface area contributed by atoms with Crippen LogP contribution in [-0.4, -0.2) is 5.97 Å². The second kappa shape index (κ2) is 5.74. The van der Waals surface area contributed by atoms with E-state index in [1.54, 1.807) is 18.2 Å². The number of ether oxygens (including phenoxy) is 1. The Bertz CT molecular complexity index is 537. The van der Waals surface area contributed by atoms with Crippen LogP contribution in [0.15, 0.2) is 59.5 Å². The first-order valence-electron chi connectivity index (χ1n) is 5.72. The molecule has 2 aromatic carbocycles. The fraction of sp³-hybridized carbons (Fsp3) is 0.133. The molecule has 2 aromatic rings. The summed E-state index contributed by atoms with van der Waals surface area (Å²) in [5.74, 6) is -0.331. The highest BCUT2D eigenvalue weighted by atomic mass is 32.1. The third kappa shape index (κ3) is 3.14. The summed E-state index contributed by atoms with van der Waals surface area (Å²) in [6.45, 7) is 1.86. The Labute approximate surface area is 112 Å². The summed E-state index contributed by atoms with van der Waals surface area (Å²) < 4.78 is 5.40. The van der Waals surface area contributed by atoms with Gasteiger partial charge in [-0.15, -0.1) is 12.6 Å². The fourth-order valence-electron chi connectivity index (χ4n) is 1.65. The van der Waals surface area contributed by atoms with Gasteiger partial charge in [0.05, 0.1) is 5.56 Å². The standard InChI is InChI=1S/C15H14O2S/c1-11(12-6-3-2-4-7-12)17-15(16)13-8-5-9-14(18)10-13/h2-11,18H,1H3. The summed E-state index contributed by atoms with van der Waals surface area (Å²) in [5, 5.41) is 0. The highest BCUT2D eigenvalue weighted by Gasteiger charge is 2.13. The number of benzene rings is 2. The van der Waals surface area contributed by atoms with Crippen molar-refractivity contribution < 1.29 is 9.53 Å². The van der Waals surface area contributed by atoms with E-state index in [2.05, 4.69) is 12.6 Å². The van der Waals surface area contributed by atoms with Gasteiger partial charge in [-0.3, -0.25) is 0 Å². The Morgan fingerprint density at radius 2 is 1.83 bits per heavy atom. The van der Waals surface area contributed by atoms with Crippen molar-refractivity contribution in [2.45, 2.75) is 17.9 Å². The van der Waals surface area contributed by atoms with Crippen LogP contribution in [0.2, 0.25) is 0 Å². The van der Waals surface area contributed by atoms with Crippen molar-refractivity contribution in [1.29, 1.82) is 0 Å². The van der Waals surface area contributed by atoms with Gasteiger partial charge >= 0.3 is 5.97 Å². The largest absolute Gasteiger partial charge is 0.454 e. The molecule has 0 aromatic heterocycles. The van der Waals surface area contributed by atoms with E-state index in [1.165, 1.54) is 0 Å². The number of carbonyl (C=O) groups is 1. The first-order chi connectivity index (χ1) is 8.66. The normalized spacial score (nSPS) is 11.9. The molecule has 0 bridgehead atoms. The van der Waals surface area contributed by atoms with Gasteiger partial charge in [0.25, 0.3) is 0 Å². The third-order valence-electron chi connectivity index (χ3n) is 2.63. The molecule has 0 aliphatic rings. The lowest BCUT2D eigenvalue weighted by Crippen LogP contribution is -2.09. The van der Waals surface area contributed by atoms with Crippen LogP contribution < -0.4 is 0 Å². The molecule has 18 heavy (non-hydrogen) atoms. The van der Waals surface area contributed by atoms with Gasteiger partial charge < -0.3 is 4.74 Å². The summed E-state index contributed by atoms with van der Waals surface area (Å²) in [6, 6.07) is 16.7. The van der Waals surface area contributed by atoms with Crippen LogP contribution in [0.5, 0.6) is 0 Å². The van der Waals surface area contributed by atoms with Crippen LogP contribution in [0.1, 0.15) is 28.9 Å². The molecular weight excluding hydrogens is 244 g/mol. The monoisotopic (exact) mass is 258 g/mol. The number of rotatable bonds is 3. The van der Waals surface area contributed by atoms with E-state index in [0.29, 0.717) is 5.56 Å². The van der Waals surface area contributed by atoms with Gasteiger partial charge in [-0.1, -0.05) is 36.4 Å². The maximum Gasteiger partial charge on any atom is 0.338 e. The van der Waals surface area contributed by atoms with E-state index in [1.807, 2.05) is 43.3 Å². The summed E-state index contributed by atoms with van der Waals surface area (Å²) in [4.78, 5) is 12.7. The second-order valence-corrected chi connectivity index (χ2v) is 4.52. The van der Waals surface area contributed by atoms with Crippen LogP contribution in [0, 0.1) is 0 Å². The zero-order chi connectivity index (χ0) is 13.0. The minimum absolute atomic E-state index is 0.262. The van der Waals surface area contributed by atoms with Gasteiger partial charge in [-0.2, -0.15) is 0 Å². The van der Waals surface area contributed by atoms with Gasteiger partial charge in [0, 0.05) is 4.90 Å². The zero-order valence-corrected chi connectivity index (χ0v) is 10.9. The van der Waals surface area contributed by atoms with E-state index in [9.17, 15) is 4.79 Å². The minimum Gasteiger partial charge on any atom is -0.454 e. The van der Waals surface area contributed by atoms with Crippen molar-refractivity contribution in [2.24, 2.45) is 0 Å². The highest BCUT2D eigenvalue weighted by molar-refractivity contribution is 7.80. The van der Waals surface area contributed by atoms with E-state index in [4.69, 9.17) is 4.74 Å². The average Bonchev–Trinajstić information content (AvgIpc) is 2.39. The highest BCUT2D eigenvalue weighted by Crippen LogP contribution is 2.19. The number of carbonyl (C=O) groups excluding carboxylic acids is 1. The van der Waals surface area contributed by atoms with E-state index < -0.39 is 0 Å². The topological polar surface area (TPSA) is 26.3 Å². The molecule has 0 aliphatic heterocycles. The van der Waals surface area contributed by atoms with Crippen LogP contribution in [0.25, 0.3) is 0 Å². The molecular formula is C15H14O2S. The maximum absolute atomic E-state index is 11.9. The molecule has 0 radical (unpaired) electrons. The predicted octanol–water partition coefficient (Wildman–Crippen LogP) is 3.89. The van der Waals surface area contributed by atoms with Gasteiger partial charge in [0.1, 0.15) is 6.10 Å². The van der Waals surface area contributed by atoms with Crippen molar-refractivity contribution in [1.82, 2.24) is 0 Å². The molecule has 0 spiro atoms. The Kier molecular flexibility index (Phi) is 4.05. The molecule has 1 unspecified atom stereocenters. The van der Waals surface area contributed by atoms with Crippen molar-refractivity contribution in [2.75, 3.05) is 0 Å². The van der Waals surface area contributed by atoms with Gasteiger partial charge in [-0.05, 0) is 30.7 Å². The van der Waals surface area contributed by atoms with Crippen molar-refractivity contribution >= 4 is 18.6 Å².